The van der Waals surface area contributed by atoms with Gasteiger partial charge in [-0.25, -0.2) is 4.98 Å². The summed E-state index contributed by atoms with van der Waals surface area (Å²) >= 11 is 0. The molecule has 0 radical (unpaired) electrons. The van der Waals surface area contributed by atoms with Crippen molar-refractivity contribution in [2.45, 2.75) is 13.5 Å². The first kappa shape index (κ1) is 13.7. The van der Waals surface area contributed by atoms with E-state index in [9.17, 15) is 4.79 Å². The van der Waals surface area contributed by atoms with Crippen LogP contribution in [0.25, 0.3) is 11.0 Å². The summed E-state index contributed by atoms with van der Waals surface area (Å²) in [6.07, 6.45) is 3.13. The molecule has 1 N–H and O–H groups in total. The van der Waals surface area contributed by atoms with Gasteiger partial charge in [0, 0.05) is 33.3 Å². The zero-order chi connectivity index (χ0) is 13.7. The highest BCUT2D eigenvalue weighted by molar-refractivity contribution is 5.72. The third kappa shape index (κ3) is 3.18. The van der Waals surface area contributed by atoms with Crippen LogP contribution in [0.4, 0.5) is 0 Å². The molecule has 0 saturated carbocycles. The smallest absolute Gasteiger partial charge is 0.264 e. The van der Waals surface area contributed by atoms with Gasteiger partial charge in [0.2, 0.25) is 0 Å². The third-order valence-corrected chi connectivity index (χ3v) is 2.87. The second-order valence-corrected chi connectivity index (χ2v) is 4.20. The van der Waals surface area contributed by atoms with Gasteiger partial charge in [-0.2, -0.15) is 5.10 Å². The topological polar surface area (TPSA) is 74.0 Å². The predicted molar refractivity (Wildman–Crippen MR) is 72.1 cm³/mol. The summed E-state index contributed by atoms with van der Waals surface area (Å²) in [6.45, 7) is 5.46. The zero-order valence-electron chi connectivity index (χ0n) is 11.3. The van der Waals surface area contributed by atoms with E-state index >= 15 is 0 Å². The van der Waals surface area contributed by atoms with E-state index in [0.29, 0.717) is 30.7 Å². The van der Waals surface area contributed by atoms with Crippen molar-refractivity contribution in [2.24, 2.45) is 7.05 Å². The quantitative estimate of drug-likeness (QED) is 0.699. The van der Waals surface area contributed by atoms with Crippen molar-refractivity contribution in [3.63, 3.8) is 0 Å². The van der Waals surface area contributed by atoms with Crippen molar-refractivity contribution >= 4 is 11.0 Å². The first-order valence-corrected chi connectivity index (χ1v) is 6.39. The monoisotopic (exact) mass is 265 g/mol. The average molecular weight is 265 g/mol. The summed E-state index contributed by atoms with van der Waals surface area (Å²) in [7, 11) is 1.77. The van der Waals surface area contributed by atoms with Gasteiger partial charge in [-0.15, -0.1) is 0 Å². The summed E-state index contributed by atoms with van der Waals surface area (Å²) in [4.78, 5) is 16.4. The lowest BCUT2D eigenvalue weighted by atomic mass is 10.4. The van der Waals surface area contributed by atoms with E-state index in [4.69, 9.17) is 4.74 Å². The maximum Gasteiger partial charge on any atom is 0.264 e. The largest absolute Gasteiger partial charge is 0.380 e. The Hall–Kier alpha value is -1.73. The third-order valence-electron chi connectivity index (χ3n) is 2.87. The molecule has 2 aromatic heterocycles. The molecule has 0 aliphatic carbocycles. The molecular formula is C12H19N5O2. The SMILES string of the molecule is CCOCCNCCn1cnc2c(cnn2C)c1=O. The number of hydrogen-bond donors (Lipinski definition) is 1. The molecule has 0 aliphatic rings. The fourth-order valence-electron chi connectivity index (χ4n) is 1.84. The summed E-state index contributed by atoms with van der Waals surface area (Å²) < 4.78 is 8.41. The highest BCUT2D eigenvalue weighted by Crippen LogP contribution is 2.02. The van der Waals surface area contributed by atoms with Crippen molar-refractivity contribution in [2.75, 3.05) is 26.3 Å². The number of aryl methyl sites for hydroxylation is 1. The summed E-state index contributed by atoms with van der Waals surface area (Å²) in [5.74, 6) is 0. The Bertz CT molecular complexity index is 589. The van der Waals surface area contributed by atoms with Crippen LogP contribution in [-0.4, -0.2) is 45.6 Å². The molecule has 0 saturated heterocycles. The van der Waals surface area contributed by atoms with E-state index in [0.717, 1.165) is 13.2 Å². The Balaban J connectivity index is 1.94. The van der Waals surface area contributed by atoms with Crippen LogP contribution in [0.2, 0.25) is 0 Å². The van der Waals surface area contributed by atoms with Crippen LogP contribution in [0, 0.1) is 0 Å². The Morgan fingerprint density at radius 1 is 1.42 bits per heavy atom. The van der Waals surface area contributed by atoms with Gasteiger partial charge in [0.1, 0.15) is 11.7 Å². The lowest BCUT2D eigenvalue weighted by molar-refractivity contribution is 0.149. The van der Waals surface area contributed by atoms with Gasteiger partial charge in [0.15, 0.2) is 5.65 Å². The van der Waals surface area contributed by atoms with Crippen LogP contribution in [-0.2, 0) is 18.3 Å². The maximum absolute atomic E-state index is 12.1. The minimum Gasteiger partial charge on any atom is -0.380 e. The van der Waals surface area contributed by atoms with Crippen molar-refractivity contribution in [3.8, 4) is 0 Å². The Morgan fingerprint density at radius 3 is 3.05 bits per heavy atom. The molecule has 0 unspecified atom stereocenters. The number of nitrogens with one attached hydrogen (secondary N) is 1. The standard InChI is InChI=1S/C12H19N5O2/c1-3-19-7-5-13-4-6-17-9-14-11-10(12(17)18)8-15-16(11)2/h8-9,13H,3-7H2,1-2H3. The molecule has 0 aliphatic heterocycles. The number of nitrogens with zero attached hydrogens (tertiary/aromatic N) is 4. The van der Waals surface area contributed by atoms with Gasteiger partial charge in [-0.1, -0.05) is 0 Å². The molecule has 0 amide bonds. The predicted octanol–water partition coefficient (Wildman–Crippen LogP) is -0.244. The van der Waals surface area contributed by atoms with Crippen molar-refractivity contribution in [1.29, 1.82) is 0 Å². The van der Waals surface area contributed by atoms with E-state index in [1.165, 1.54) is 0 Å². The number of fused-ring (bicyclic) bond motifs is 1. The van der Waals surface area contributed by atoms with E-state index in [1.54, 1.807) is 28.8 Å². The lowest BCUT2D eigenvalue weighted by Crippen LogP contribution is -2.29. The molecule has 104 valence electrons. The second-order valence-electron chi connectivity index (χ2n) is 4.20. The fourth-order valence-corrected chi connectivity index (χ4v) is 1.84. The fraction of sp³-hybridized carbons (Fsp3) is 0.583. The van der Waals surface area contributed by atoms with Gasteiger partial charge in [0.05, 0.1) is 12.8 Å². The molecule has 0 bridgehead atoms. The molecule has 7 nitrogen and oxygen atoms in total. The van der Waals surface area contributed by atoms with Crippen molar-refractivity contribution < 1.29 is 4.74 Å². The Kier molecular flexibility index (Phi) is 4.64. The molecule has 0 spiro atoms. The minimum atomic E-state index is -0.0512. The van der Waals surface area contributed by atoms with Crippen LogP contribution >= 0.6 is 0 Å². The van der Waals surface area contributed by atoms with Gasteiger partial charge in [-0.05, 0) is 6.92 Å². The number of aromatic nitrogens is 4. The zero-order valence-corrected chi connectivity index (χ0v) is 11.3. The average Bonchev–Trinajstić information content (AvgIpc) is 2.78. The van der Waals surface area contributed by atoms with Crippen LogP contribution in [0.5, 0.6) is 0 Å². The molecule has 2 rings (SSSR count). The van der Waals surface area contributed by atoms with Crippen LogP contribution in [0.15, 0.2) is 17.3 Å². The molecule has 19 heavy (non-hydrogen) atoms. The molecule has 2 aromatic rings. The number of hydrogen-bond acceptors (Lipinski definition) is 5. The Morgan fingerprint density at radius 2 is 2.26 bits per heavy atom. The summed E-state index contributed by atoms with van der Waals surface area (Å²) in [6, 6.07) is 0. The van der Waals surface area contributed by atoms with Gasteiger partial charge in [0.25, 0.3) is 5.56 Å². The summed E-state index contributed by atoms with van der Waals surface area (Å²) in [5, 5.41) is 7.81. The number of ether oxygens (including phenoxy) is 1. The first-order chi connectivity index (χ1) is 9.24. The van der Waals surface area contributed by atoms with Crippen LogP contribution in [0.3, 0.4) is 0 Å². The van der Waals surface area contributed by atoms with Crippen molar-refractivity contribution in [1.82, 2.24) is 24.6 Å². The second kappa shape index (κ2) is 6.44. The first-order valence-electron chi connectivity index (χ1n) is 6.39. The van der Waals surface area contributed by atoms with Gasteiger partial charge < -0.3 is 10.1 Å². The molecule has 0 fully saturated rings. The van der Waals surface area contributed by atoms with E-state index in [2.05, 4.69) is 15.4 Å². The molecule has 2 heterocycles. The lowest BCUT2D eigenvalue weighted by Gasteiger charge is -2.07. The molecule has 0 aromatic carbocycles. The Labute approximate surface area is 111 Å². The van der Waals surface area contributed by atoms with Crippen LogP contribution < -0.4 is 10.9 Å². The van der Waals surface area contributed by atoms with Crippen molar-refractivity contribution in [3.05, 3.63) is 22.9 Å². The molecule has 0 atom stereocenters. The maximum atomic E-state index is 12.1. The molecule has 7 heteroatoms. The normalized spacial score (nSPS) is 11.3. The van der Waals surface area contributed by atoms with Gasteiger partial charge in [-0.3, -0.25) is 14.0 Å². The minimum absolute atomic E-state index is 0.0512. The van der Waals surface area contributed by atoms with E-state index in [1.807, 2.05) is 6.92 Å². The highest BCUT2D eigenvalue weighted by atomic mass is 16.5. The number of rotatable bonds is 7. The van der Waals surface area contributed by atoms with E-state index in [-0.39, 0.29) is 5.56 Å². The van der Waals surface area contributed by atoms with E-state index < -0.39 is 0 Å². The highest BCUT2D eigenvalue weighted by Gasteiger charge is 2.07. The van der Waals surface area contributed by atoms with Crippen LogP contribution in [0.1, 0.15) is 6.92 Å². The summed E-state index contributed by atoms with van der Waals surface area (Å²) in [5.41, 5.74) is 0.565. The molecular weight excluding hydrogens is 246 g/mol. The van der Waals surface area contributed by atoms with Gasteiger partial charge >= 0.3 is 0 Å².